The maximum absolute atomic E-state index is 12.8. The molecule has 0 aliphatic carbocycles. The first-order valence-electron chi connectivity index (χ1n) is 4.90. The van der Waals surface area contributed by atoms with Gasteiger partial charge in [0, 0.05) is 12.3 Å². The third kappa shape index (κ3) is 2.53. The van der Waals surface area contributed by atoms with E-state index in [2.05, 4.69) is 5.32 Å². The Labute approximate surface area is 87.2 Å². The lowest BCUT2D eigenvalue weighted by molar-refractivity contribution is -0.119. The maximum Gasteiger partial charge on any atom is 0.229 e. The van der Waals surface area contributed by atoms with Gasteiger partial charge in [-0.3, -0.25) is 4.79 Å². The SMILES string of the molecule is O=C(Nc1cccc(F)c1)C1CCOC1. The summed E-state index contributed by atoms with van der Waals surface area (Å²) in [6.45, 7) is 1.09. The van der Waals surface area contributed by atoms with Gasteiger partial charge in [0.2, 0.25) is 5.91 Å². The van der Waals surface area contributed by atoms with Crippen LogP contribution in [0.2, 0.25) is 0 Å². The average molecular weight is 209 g/mol. The van der Waals surface area contributed by atoms with Crippen LogP contribution in [0, 0.1) is 11.7 Å². The topological polar surface area (TPSA) is 38.3 Å². The Bertz CT molecular complexity index is 361. The molecule has 0 saturated carbocycles. The van der Waals surface area contributed by atoms with Gasteiger partial charge in [-0.15, -0.1) is 0 Å². The van der Waals surface area contributed by atoms with Gasteiger partial charge in [0.15, 0.2) is 0 Å². The lowest BCUT2D eigenvalue weighted by Gasteiger charge is -2.08. The van der Waals surface area contributed by atoms with Crippen molar-refractivity contribution in [3.63, 3.8) is 0 Å². The molecule has 15 heavy (non-hydrogen) atoms. The molecule has 4 heteroatoms. The Kier molecular flexibility index (Phi) is 2.97. The van der Waals surface area contributed by atoms with Crippen LogP contribution in [0.1, 0.15) is 6.42 Å². The Morgan fingerprint density at radius 1 is 1.53 bits per heavy atom. The Morgan fingerprint density at radius 3 is 3.07 bits per heavy atom. The highest BCUT2D eigenvalue weighted by molar-refractivity contribution is 5.92. The van der Waals surface area contributed by atoms with E-state index in [9.17, 15) is 9.18 Å². The van der Waals surface area contributed by atoms with E-state index in [0.29, 0.717) is 18.9 Å². The highest BCUT2D eigenvalue weighted by Crippen LogP contribution is 2.16. The van der Waals surface area contributed by atoms with E-state index in [4.69, 9.17) is 4.74 Å². The molecule has 0 bridgehead atoms. The molecule has 1 unspecified atom stereocenters. The van der Waals surface area contributed by atoms with E-state index in [0.717, 1.165) is 6.42 Å². The number of carbonyl (C=O) groups is 1. The number of hydrogen-bond acceptors (Lipinski definition) is 2. The minimum Gasteiger partial charge on any atom is -0.381 e. The minimum atomic E-state index is -0.351. The van der Waals surface area contributed by atoms with Crippen molar-refractivity contribution in [1.82, 2.24) is 0 Å². The van der Waals surface area contributed by atoms with Crippen molar-refractivity contribution in [3.05, 3.63) is 30.1 Å². The lowest BCUT2D eigenvalue weighted by Crippen LogP contribution is -2.22. The van der Waals surface area contributed by atoms with Crippen molar-refractivity contribution in [2.45, 2.75) is 6.42 Å². The maximum atomic E-state index is 12.8. The van der Waals surface area contributed by atoms with Crippen LogP contribution in [-0.2, 0) is 9.53 Å². The second-order valence-corrected chi connectivity index (χ2v) is 3.56. The van der Waals surface area contributed by atoms with Crippen molar-refractivity contribution < 1.29 is 13.9 Å². The number of anilines is 1. The van der Waals surface area contributed by atoms with Crippen molar-refractivity contribution in [1.29, 1.82) is 0 Å². The molecule has 1 atom stereocenters. The van der Waals surface area contributed by atoms with E-state index >= 15 is 0 Å². The molecule has 3 nitrogen and oxygen atoms in total. The molecule has 1 aliphatic rings. The van der Waals surface area contributed by atoms with Gasteiger partial charge >= 0.3 is 0 Å². The number of halogens is 1. The van der Waals surface area contributed by atoms with E-state index in [-0.39, 0.29) is 17.6 Å². The summed E-state index contributed by atoms with van der Waals surface area (Å²) in [7, 11) is 0. The van der Waals surface area contributed by atoms with Crippen LogP contribution in [0.25, 0.3) is 0 Å². The van der Waals surface area contributed by atoms with Crippen molar-refractivity contribution in [2.24, 2.45) is 5.92 Å². The van der Waals surface area contributed by atoms with Crippen LogP contribution in [0.3, 0.4) is 0 Å². The lowest BCUT2D eigenvalue weighted by atomic mass is 10.1. The predicted octanol–water partition coefficient (Wildman–Crippen LogP) is 1.80. The fourth-order valence-electron chi connectivity index (χ4n) is 1.55. The molecular weight excluding hydrogens is 197 g/mol. The molecule has 1 amide bonds. The number of benzene rings is 1. The van der Waals surface area contributed by atoms with E-state index in [1.54, 1.807) is 12.1 Å². The second-order valence-electron chi connectivity index (χ2n) is 3.56. The zero-order chi connectivity index (χ0) is 10.7. The molecule has 1 aliphatic heterocycles. The summed E-state index contributed by atoms with van der Waals surface area (Å²) >= 11 is 0. The van der Waals surface area contributed by atoms with Gasteiger partial charge in [-0.1, -0.05) is 6.07 Å². The zero-order valence-electron chi connectivity index (χ0n) is 8.20. The van der Waals surface area contributed by atoms with E-state index in [1.807, 2.05) is 0 Å². The third-order valence-corrected chi connectivity index (χ3v) is 2.39. The Hall–Kier alpha value is -1.42. The van der Waals surface area contributed by atoms with Crippen molar-refractivity contribution in [2.75, 3.05) is 18.5 Å². The number of ether oxygens (including phenoxy) is 1. The Balaban J connectivity index is 1.99. The minimum absolute atomic E-state index is 0.0990. The monoisotopic (exact) mass is 209 g/mol. The predicted molar refractivity (Wildman–Crippen MR) is 54.0 cm³/mol. The molecule has 0 radical (unpaired) electrons. The van der Waals surface area contributed by atoms with Crippen molar-refractivity contribution in [3.8, 4) is 0 Å². The molecule has 1 heterocycles. The second kappa shape index (κ2) is 4.40. The van der Waals surface area contributed by atoms with Crippen molar-refractivity contribution >= 4 is 11.6 Å². The van der Waals surface area contributed by atoms with Gasteiger partial charge in [-0.25, -0.2) is 4.39 Å². The number of carbonyl (C=O) groups excluding carboxylic acids is 1. The third-order valence-electron chi connectivity index (χ3n) is 2.39. The number of rotatable bonds is 2. The summed E-state index contributed by atoms with van der Waals surface area (Å²) in [5.74, 6) is -0.554. The van der Waals surface area contributed by atoms with Crippen LogP contribution in [-0.4, -0.2) is 19.1 Å². The van der Waals surface area contributed by atoms with Gasteiger partial charge in [-0.05, 0) is 24.6 Å². The molecule has 0 spiro atoms. The van der Waals surface area contributed by atoms with E-state index in [1.165, 1.54) is 12.1 Å². The number of amides is 1. The van der Waals surface area contributed by atoms with Crippen LogP contribution < -0.4 is 5.32 Å². The number of hydrogen-bond donors (Lipinski definition) is 1. The van der Waals surface area contributed by atoms with Gasteiger partial charge in [0.05, 0.1) is 12.5 Å². The highest BCUT2D eigenvalue weighted by Gasteiger charge is 2.23. The zero-order valence-corrected chi connectivity index (χ0v) is 8.20. The van der Waals surface area contributed by atoms with Crippen LogP contribution in [0.5, 0.6) is 0 Å². The quantitative estimate of drug-likeness (QED) is 0.806. The molecule has 0 aromatic heterocycles. The summed E-state index contributed by atoms with van der Waals surface area (Å²) in [6, 6.07) is 5.87. The average Bonchev–Trinajstić information content (AvgIpc) is 2.70. The first-order chi connectivity index (χ1) is 7.25. The highest BCUT2D eigenvalue weighted by atomic mass is 19.1. The molecule has 1 saturated heterocycles. The number of nitrogens with one attached hydrogen (secondary N) is 1. The van der Waals surface area contributed by atoms with Crippen LogP contribution in [0.4, 0.5) is 10.1 Å². The van der Waals surface area contributed by atoms with E-state index < -0.39 is 0 Å². The summed E-state index contributed by atoms with van der Waals surface area (Å²) < 4.78 is 17.9. The summed E-state index contributed by atoms with van der Waals surface area (Å²) in [6.07, 6.45) is 0.737. The molecule has 1 aromatic carbocycles. The largest absolute Gasteiger partial charge is 0.381 e. The first-order valence-corrected chi connectivity index (χ1v) is 4.90. The molecular formula is C11H12FNO2. The smallest absolute Gasteiger partial charge is 0.229 e. The van der Waals surface area contributed by atoms with Gasteiger partial charge < -0.3 is 10.1 Å². The summed E-state index contributed by atoms with van der Waals surface area (Å²) in [4.78, 5) is 11.6. The fourth-order valence-corrected chi connectivity index (χ4v) is 1.55. The normalized spacial score (nSPS) is 20.2. The first kappa shape index (κ1) is 10.1. The molecule has 1 N–H and O–H groups in total. The summed E-state index contributed by atoms with van der Waals surface area (Å²) in [5, 5.41) is 2.67. The molecule has 1 aromatic rings. The standard InChI is InChI=1S/C11H12FNO2/c12-9-2-1-3-10(6-9)13-11(14)8-4-5-15-7-8/h1-3,6,8H,4-5,7H2,(H,13,14). The molecule has 2 rings (SSSR count). The van der Waals surface area contributed by atoms with Gasteiger partial charge in [0.1, 0.15) is 5.82 Å². The molecule has 80 valence electrons. The van der Waals surface area contributed by atoms with Gasteiger partial charge in [-0.2, -0.15) is 0 Å². The summed E-state index contributed by atoms with van der Waals surface area (Å²) in [5.41, 5.74) is 0.492. The molecule has 1 fully saturated rings. The van der Waals surface area contributed by atoms with Gasteiger partial charge in [0.25, 0.3) is 0 Å². The Morgan fingerprint density at radius 2 is 2.40 bits per heavy atom. The fraction of sp³-hybridized carbons (Fsp3) is 0.364. The van der Waals surface area contributed by atoms with Crippen LogP contribution in [0.15, 0.2) is 24.3 Å². The van der Waals surface area contributed by atoms with Crippen LogP contribution >= 0.6 is 0 Å².